The highest BCUT2D eigenvalue weighted by molar-refractivity contribution is 9.10. The molecule has 1 aliphatic carbocycles. The first-order chi connectivity index (χ1) is 9.43. The third kappa shape index (κ3) is 3.76. The van der Waals surface area contributed by atoms with Crippen molar-refractivity contribution in [3.05, 3.63) is 28.2 Å². The van der Waals surface area contributed by atoms with Gasteiger partial charge in [-0.3, -0.25) is 9.59 Å². The summed E-state index contributed by atoms with van der Waals surface area (Å²) in [6, 6.07) is 5.91. The van der Waals surface area contributed by atoms with E-state index in [0.717, 1.165) is 14.9 Å². The summed E-state index contributed by atoms with van der Waals surface area (Å²) in [5.74, 6) is -0.628. The van der Waals surface area contributed by atoms with Gasteiger partial charge in [-0.1, -0.05) is 15.9 Å². The molecule has 1 aromatic rings. The highest BCUT2D eigenvalue weighted by atomic mass is 79.9. The fourth-order valence-electron chi connectivity index (χ4n) is 1.85. The predicted octanol–water partition coefficient (Wildman–Crippen LogP) is 2.83. The molecular formula is C14H16BrNO3S. The fraction of sp³-hybridized carbons (Fsp3) is 0.429. The molecule has 0 radical (unpaired) electrons. The zero-order chi connectivity index (χ0) is 14.8. The van der Waals surface area contributed by atoms with Gasteiger partial charge in [0.15, 0.2) is 0 Å². The largest absolute Gasteiger partial charge is 0.481 e. The Morgan fingerprint density at radius 1 is 1.45 bits per heavy atom. The molecule has 0 saturated heterocycles. The molecule has 0 atom stereocenters. The number of amides is 1. The molecule has 2 rings (SSSR count). The van der Waals surface area contributed by atoms with Crippen LogP contribution in [-0.2, 0) is 9.59 Å². The van der Waals surface area contributed by atoms with Crippen LogP contribution in [0.1, 0.15) is 18.4 Å². The van der Waals surface area contributed by atoms with E-state index in [4.69, 9.17) is 5.11 Å². The number of aliphatic carboxylic acids is 1. The van der Waals surface area contributed by atoms with Gasteiger partial charge < -0.3 is 10.4 Å². The van der Waals surface area contributed by atoms with Gasteiger partial charge in [0.25, 0.3) is 0 Å². The molecule has 108 valence electrons. The van der Waals surface area contributed by atoms with Gasteiger partial charge in [0.1, 0.15) is 0 Å². The van der Waals surface area contributed by atoms with Crippen molar-refractivity contribution >= 4 is 39.6 Å². The van der Waals surface area contributed by atoms with E-state index in [1.165, 1.54) is 11.8 Å². The maximum absolute atomic E-state index is 11.8. The summed E-state index contributed by atoms with van der Waals surface area (Å²) < 4.78 is 1.01. The van der Waals surface area contributed by atoms with Crippen LogP contribution in [0.4, 0.5) is 0 Å². The number of aryl methyl sites for hydroxylation is 1. The predicted molar refractivity (Wildman–Crippen MR) is 81.9 cm³/mol. The number of carboxylic acids is 1. The van der Waals surface area contributed by atoms with Crippen molar-refractivity contribution in [3.8, 4) is 0 Å². The normalized spacial score (nSPS) is 15.7. The van der Waals surface area contributed by atoms with E-state index in [1.807, 2.05) is 25.1 Å². The summed E-state index contributed by atoms with van der Waals surface area (Å²) in [6.07, 6.45) is 1.31. The Bertz CT molecular complexity index is 543. The summed E-state index contributed by atoms with van der Waals surface area (Å²) in [6.45, 7) is 2.23. The molecular weight excluding hydrogens is 342 g/mol. The molecule has 1 saturated carbocycles. The van der Waals surface area contributed by atoms with Crippen LogP contribution in [-0.4, -0.2) is 29.3 Å². The van der Waals surface area contributed by atoms with E-state index in [9.17, 15) is 9.59 Å². The number of nitrogens with one attached hydrogen (secondary N) is 1. The topological polar surface area (TPSA) is 66.4 Å². The molecule has 2 N–H and O–H groups in total. The Morgan fingerprint density at radius 2 is 2.15 bits per heavy atom. The van der Waals surface area contributed by atoms with Crippen LogP contribution in [0.3, 0.4) is 0 Å². The van der Waals surface area contributed by atoms with Crippen LogP contribution in [0, 0.1) is 12.3 Å². The molecule has 0 aromatic heterocycles. The summed E-state index contributed by atoms with van der Waals surface area (Å²) in [5, 5.41) is 11.7. The molecule has 0 heterocycles. The maximum atomic E-state index is 11.8. The summed E-state index contributed by atoms with van der Waals surface area (Å²) in [5.41, 5.74) is 0.412. The Balaban J connectivity index is 1.79. The molecule has 4 nitrogen and oxygen atoms in total. The second-order valence-corrected chi connectivity index (χ2v) is 6.99. The van der Waals surface area contributed by atoms with Crippen molar-refractivity contribution in [3.63, 3.8) is 0 Å². The van der Waals surface area contributed by atoms with Crippen molar-refractivity contribution in [1.82, 2.24) is 5.32 Å². The van der Waals surface area contributed by atoms with E-state index in [1.54, 1.807) is 0 Å². The number of hydrogen-bond acceptors (Lipinski definition) is 3. The molecule has 20 heavy (non-hydrogen) atoms. The van der Waals surface area contributed by atoms with Gasteiger partial charge in [-0.05, 0) is 43.5 Å². The number of thioether (sulfide) groups is 1. The summed E-state index contributed by atoms with van der Waals surface area (Å²) >= 11 is 4.86. The van der Waals surface area contributed by atoms with E-state index >= 15 is 0 Å². The quantitative estimate of drug-likeness (QED) is 0.768. The number of carbonyl (C=O) groups excluding carboxylic acids is 1. The average molecular weight is 358 g/mol. The first-order valence-corrected chi connectivity index (χ1v) is 8.10. The van der Waals surface area contributed by atoms with Gasteiger partial charge in [0.05, 0.1) is 11.2 Å². The van der Waals surface area contributed by atoms with Gasteiger partial charge in [0.2, 0.25) is 5.91 Å². The number of rotatable bonds is 6. The summed E-state index contributed by atoms with van der Waals surface area (Å²) in [4.78, 5) is 23.8. The monoisotopic (exact) mass is 357 g/mol. The number of carbonyl (C=O) groups is 2. The van der Waals surface area contributed by atoms with Crippen LogP contribution < -0.4 is 5.32 Å². The lowest BCUT2D eigenvalue weighted by molar-refractivity contribution is -0.143. The van der Waals surface area contributed by atoms with Crippen molar-refractivity contribution in [2.45, 2.75) is 24.7 Å². The standard InChI is InChI=1S/C14H16BrNO3S/c1-9-6-10(15)2-3-11(9)20-7-12(17)16-8-14(4-5-14)13(18)19/h2-3,6H,4-5,7-8H2,1H3,(H,16,17)(H,18,19). The van der Waals surface area contributed by atoms with Crippen molar-refractivity contribution in [1.29, 1.82) is 0 Å². The minimum atomic E-state index is -0.811. The van der Waals surface area contributed by atoms with Gasteiger partial charge in [-0.2, -0.15) is 0 Å². The molecule has 0 bridgehead atoms. The van der Waals surface area contributed by atoms with Crippen molar-refractivity contribution < 1.29 is 14.7 Å². The van der Waals surface area contributed by atoms with E-state index < -0.39 is 11.4 Å². The molecule has 0 aliphatic heterocycles. The van der Waals surface area contributed by atoms with Crippen LogP contribution in [0.5, 0.6) is 0 Å². The van der Waals surface area contributed by atoms with Crippen LogP contribution in [0.15, 0.2) is 27.6 Å². The first-order valence-electron chi connectivity index (χ1n) is 6.32. The van der Waals surface area contributed by atoms with E-state index in [-0.39, 0.29) is 12.5 Å². The highest BCUT2D eigenvalue weighted by Gasteiger charge is 2.50. The summed E-state index contributed by atoms with van der Waals surface area (Å²) in [7, 11) is 0. The third-order valence-corrected chi connectivity index (χ3v) is 5.10. The zero-order valence-corrected chi connectivity index (χ0v) is 13.5. The van der Waals surface area contributed by atoms with E-state index in [0.29, 0.717) is 18.6 Å². The average Bonchev–Trinajstić information content (AvgIpc) is 3.16. The SMILES string of the molecule is Cc1cc(Br)ccc1SCC(=O)NCC1(C(=O)O)CC1. The molecule has 1 fully saturated rings. The van der Waals surface area contributed by atoms with Crippen molar-refractivity contribution in [2.75, 3.05) is 12.3 Å². The Hall–Kier alpha value is -1.01. The minimum Gasteiger partial charge on any atom is -0.481 e. The number of benzene rings is 1. The smallest absolute Gasteiger partial charge is 0.311 e. The molecule has 6 heteroatoms. The van der Waals surface area contributed by atoms with Crippen LogP contribution >= 0.6 is 27.7 Å². The second kappa shape index (κ2) is 6.18. The van der Waals surface area contributed by atoms with Gasteiger partial charge in [-0.15, -0.1) is 11.8 Å². The first kappa shape index (κ1) is 15.4. The third-order valence-electron chi connectivity index (χ3n) is 3.43. The molecule has 0 spiro atoms. The lowest BCUT2D eigenvalue weighted by Crippen LogP contribution is -2.35. The number of halogens is 1. The van der Waals surface area contributed by atoms with Gasteiger partial charge >= 0.3 is 5.97 Å². The van der Waals surface area contributed by atoms with Crippen molar-refractivity contribution in [2.24, 2.45) is 5.41 Å². The van der Waals surface area contributed by atoms with Gasteiger partial charge in [-0.25, -0.2) is 0 Å². The lowest BCUT2D eigenvalue weighted by atomic mass is 10.1. The van der Waals surface area contributed by atoms with E-state index in [2.05, 4.69) is 21.2 Å². The molecule has 1 amide bonds. The van der Waals surface area contributed by atoms with Gasteiger partial charge in [0, 0.05) is 15.9 Å². The Kier molecular flexibility index (Phi) is 4.75. The molecule has 0 unspecified atom stereocenters. The number of hydrogen-bond donors (Lipinski definition) is 2. The Morgan fingerprint density at radius 3 is 2.70 bits per heavy atom. The fourth-order valence-corrected chi connectivity index (χ4v) is 3.17. The highest BCUT2D eigenvalue weighted by Crippen LogP contribution is 2.45. The zero-order valence-electron chi connectivity index (χ0n) is 11.1. The van der Waals surface area contributed by atoms with Crippen LogP contribution in [0.2, 0.25) is 0 Å². The maximum Gasteiger partial charge on any atom is 0.311 e. The van der Waals surface area contributed by atoms with Crippen LogP contribution in [0.25, 0.3) is 0 Å². The second-order valence-electron chi connectivity index (χ2n) is 5.06. The molecule has 1 aliphatic rings. The molecule has 1 aromatic carbocycles. The lowest BCUT2D eigenvalue weighted by Gasteiger charge is -2.11. The Labute approximate surface area is 130 Å². The number of carboxylic acid groups (broad SMARTS) is 1. The minimum absolute atomic E-state index is 0.121.